The number of sulfonamides is 1. The van der Waals surface area contributed by atoms with E-state index in [1.165, 1.54) is 26.3 Å². The fourth-order valence-electron chi connectivity index (χ4n) is 3.68. The fourth-order valence-corrected chi connectivity index (χ4v) is 4.92. The van der Waals surface area contributed by atoms with E-state index in [0.29, 0.717) is 37.4 Å². The summed E-state index contributed by atoms with van der Waals surface area (Å²) in [6.45, 7) is 2.82. The van der Waals surface area contributed by atoms with Crippen LogP contribution in [0.4, 0.5) is 5.69 Å². The van der Waals surface area contributed by atoms with Gasteiger partial charge in [-0.25, -0.2) is 8.42 Å². The van der Waals surface area contributed by atoms with E-state index in [2.05, 4.69) is 0 Å². The van der Waals surface area contributed by atoms with Gasteiger partial charge >= 0.3 is 5.97 Å². The molecule has 3 rings (SSSR count). The van der Waals surface area contributed by atoms with Gasteiger partial charge in [0.05, 0.1) is 30.2 Å². The molecule has 0 saturated carbocycles. The number of hydrogen-bond donors (Lipinski definition) is 0. The highest BCUT2D eigenvalue weighted by Gasteiger charge is 2.30. The number of esters is 1. The number of nitrogens with zero attached hydrogens (tertiary/aromatic N) is 2. The highest BCUT2D eigenvalue weighted by atomic mass is 32.2. The molecule has 1 amide bonds. The first kappa shape index (κ1) is 23.6. The molecule has 0 unspecified atom stereocenters. The summed E-state index contributed by atoms with van der Waals surface area (Å²) in [5.41, 5.74) is 0.731. The smallest absolute Gasteiger partial charge is 0.310 e. The van der Waals surface area contributed by atoms with Gasteiger partial charge in [-0.05, 0) is 62.2 Å². The molecule has 0 aromatic heterocycles. The lowest BCUT2D eigenvalue weighted by Crippen LogP contribution is -2.42. The lowest BCUT2D eigenvalue weighted by atomic mass is 9.97. The van der Waals surface area contributed by atoms with Crippen molar-refractivity contribution in [2.45, 2.75) is 24.7 Å². The van der Waals surface area contributed by atoms with Crippen LogP contribution in [0.15, 0.2) is 53.4 Å². The lowest BCUT2D eigenvalue weighted by molar-refractivity contribution is -0.149. The molecule has 1 atom stereocenters. The Kier molecular flexibility index (Phi) is 7.40. The Balaban J connectivity index is 1.80. The summed E-state index contributed by atoms with van der Waals surface area (Å²) in [4.78, 5) is 26.8. The molecule has 0 spiro atoms. The number of hydrogen-bond acceptors (Lipinski definition) is 6. The first-order valence-electron chi connectivity index (χ1n) is 10.5. The molecule has 0 aliphatic carbocycles. The number of benzene rings is 2. The molecule has 172 valence electrons. The molecule has 1 aliphatic heterocycles. The van der Waals surface area contributed by atoms with Crippen molar-refractivity contribution in [3.63, 3.8) is 0 Å². The molecule has 0 radical (unpaired) electrons. The summed E-state index contributed by atoms with van der Waals surface area (Å²) >= 11 is 0. The van der Waals surface area contributed by atoms with Gasteiger partial charge in [-0.15, -0.1) is 0 Å². The predicted octanol–water partition coefficient (Wildman–Crippen LogP) is 2.94. The third-order valence-electron chi connectivity index (χ3n) is 5.50. The minimum absolute atomic E-state index is 0.0145. The molecule has 8 nitrogen and oxygen atoms in total. The van der Waals surface area contributed by atoms with Crippen LogP contribution >= 0.6 is 0 Å². The summed E-state index contributed by atoms with van der Waals surface area (Å²) in [6, 6.07) is 12.6. The van der Waals surface area contributed by atoms with Gasteiger partial charge in [-0.1, -0.05) is 6.07 Å². The van der Waals surface area contributed by atoms with Crippen LogP contribution in [0, 0.1) is 5.92 Å². The summed E-state index contributed by atoms with van der Waals surface area (Å²) in [7, 11) is -0.887. The molecule has 1 fully saturated rings. The van der Waals surface area contributed by atoms with E-state index in [0.717, 1.165) is 4.31 Å². The van der Waals surface area contributed by atoms with Gasteiger partial charge < -0.3 is 14.4 Å². The summed E-state index contributed by atoms with van der Waals surface area (Å²) in [6.07, 6.45) is 1.36. The number of carbonyl (C=O) groups excluding carboxylic acids is 2. The number of likely N-dealkylation sites (tertiary alicyclic amines) is 1. The van der Waals surface area contributed by atoms with Crippen molar-refractivity contribution in [3.8, 4) is 5.75 Å². The maximum absolute atomic E-state index is 13.2. The lowest BCUT2D eigenvalue weighted by Gasteiger charge is -2.31. The van der Waals surface area contributed by atoms with Crippen LogP contribution in [0.2, 0.25) is 0 Å². The maximum atomic E-state index is 13.2. The quantitative estimate of drug-likeness (QED) is 0.590. The van der Waals surface area contributed by atoms with E-state index in [1.54, 1.807) is 48.2 Å². The molecule has 2 aromatic rings. The minimum Gasteiger partial charge on any atom is -0.497 e. The molecule has 2 aromatic carbocycles. The Hall–Kier alpha value is -3.07. The van der Waals surface area contributed by atoms with Gasteiger partial charge in [0.25, 0.3) is 15.9 Å². The number of carbonyl (C=O) groups is 2. The molecular formula is C23H28N2O6S. The van der Waals surface area contributed by atoms with Crippen LogP contribution < -0.4 is 9.04 Å². The SMILES string of the molecule is CCOC(=O)[C@H]1CCCN(C(=O)c2cccc(S(=O)(=O)N(C)c3ccc(OC)cc3)c2)C1. The number of piperidine rings is 1. The second-order valence-corrected chi connectivity index (χ2v) is 9.51. The average Bonchev–Trinajstić information content (AvgIpc) is 2.83. The molecular weight excluding hydrogens is 432 g/mol. The van der Waals surface area contributed by atoms with Crippen LogP contribution in [0.5, 0.6) is 5.75 Å². The van der Waals surface area contributed by atoms with Crippen molar-refractivity contribution in [1.29, 1.82) is 0 Å². The summed E-state index contributed by atoms with van der Waals surface area (Å²) in [5.74, 6) is -0.346. The zero-order valence-electron chi connectivity index (χ0n) is 18.5. The zero-order chi connectivity index (χ0) is 23.3. The summed E-state index contributed by atoms with van der Waals surface area (Å²) < 4.78 is 37.7. The second-order valence-electron chi connectivity index (χ2n) is 7.54. The Morgan fingerprint density at radius 3 is 2.53 bits per heavy atom. The fraction of sp³-hybridized carbons (Fsp3) is 0.391. The van der Waals surface area contributed by atoms with E-state index in [-0.39, 0.29) is 34.8 Å². The van der Waals surface area contributed by atoms with Gasteiger partial charge in [0, 0.05) is 25.7 Å². The number of amides is 1. The highest BCUT2D eigenvalue weighted by molar-refractivity contribution is 7.92. The van der Waals surface area contributed by atoms with E-state index in [1.807, 2.05) is 0 Å². The predicted molar refractivity (Wildman–Crippen MR) is 120 cm³/mol. The van der Waals surface area contributed by atoms with Crippen molar-refractivity contribution >= 4 is 27.6 Å². The average molecular weight is 461 g/mol. The van der Waals surface area contributed by atoms with Crippen molar-refractivity contribution in [2.75, 3.05) is 38.2 Å². The van der Waals surface area contributed by atoms with E-state index < -0.39 is 10.0 Å². The summed E-state index contributed by atoms with van der Waals surface area (Å²) in [5, 5.41) is 0. The number of ether oxygens (including phenoxy) is 2. The standard InChI is InChI=1S/C23H28N2O6S/c1-4-31-23(27)18-8-6-14-25(16-18)22(26)17-7-5-9-21(15-17)32(28,29)24(2)19-10-12-20(30-3)13-11-19/h5,7,9-13,15,18H,4,6,8,14,16H2,1-3H3/t18-/m0/s1. The van der Waals surface area contributed by atoms with Crippen LogP contribution in [-0.4, -0.2) is 59.0 Å². The van der Waals surface area contributed by atoms with E-state index >= 15 is 0 Å². The molecule has 32 heavy (non-hydrogen) atoms. The number of anilines is 1. The van der Waals surface area contributed by atoms with Gasteiger partial charge in [-0.3, -0.25) is 13.9 Å². The Bertz CT molecular complexity index is 1070. The zero-order valence-corrected chi connectivity index (χ0v) is 19.3. The van der Waals surface area contributed by atoms with Crippen LogP contribution in [0.1, 0.15) is 30.1 Å². The molecule has 0 bridgehead atoms. The van der Waals surface area contributed by atoms with Crippen molar-refractivity contribution in [2.24, 2.45) is 5.92 Å². The molecule has 9 heteroatoms. The van der Waals surface area contributed by atoms with Crippen LogP contribution in [0.25, 0.3) is 0 Å². The molecule has 1 aliphatic rings. The molecule has 0 N–H and O–H groups in total. The first-order chi connectivity index (χ1) is 15.3. The Labute approximate surface area is 188 Å². The van der Waals surface area contributed by atoms with E-state index in [9.17, 15) is 18.0 Å². The third kappa shape index (κ3) is 5.04. The minimum atomic E-state index is -3.88. The van der Waals surface area contributed by atoms with Crippen LogP contribution in [-0.2, 0) is 19.6 Å². The third-order valence-corrected chi connectivity index (χ3v) is 7.29. The monoisotopic (exact) mass is 460 g/mol. The van der Waals surface area contributed by atoms with E-state index in [4.69, 9.17) is 9.47 Å². The van der Waals surface area contributed by atoms with Gasteiger partial charge in [0.15, 0.2) is 0 Å². The topological polar surface area (TPSA) is 93.2 Å². The Morgan fingerprint density at radius 2 is 1.88 bits per heavy atom. The highest BCUT2D eigenvalue weighted by Crippen LogP contribution is 2.26. The first-order valence-corrected chi connectivity index (χ1v) is 11.9. The largest absolute Gasteiger partial charge is 0.497 e. The van der Waals surface area contributed by atoms with Gasteiger partial charge in [0.2, 0.25) is 0 Å². The normalized spacial score (nSPS) is 16.3. The van der Waals surface area contributed by atoms with Gasteiger partial charge in [-0.2, -0.15) is 0 Å². The van der Waals surface area contributed by atoms with Crippen molar-refractivity contribution < 1.29 is 27.5 Å². The molecule has 1 saturated heterocycles. The number of rotatable bonds is 7. The Morgan fingerprint density at radius 1 is 1.16 bits per heavy atom. The van der Waals surface area contributed by atoms with Crippen LogP contribution in [0.3, 0.4) is 0 Å². The van der Waals surface area contributed by atoms with Gasteiger partial charge in [0.1, 0.15) is 5.75 Å². The number of methoxy groups -OCH3 is 1. The second kappa shape index (κ2) is 10.0. The van der Waals surface area contributed by atoms with Crippen molar-refractivity contribution in [3.05, 3.63) is 54.1 Å². The molecule has 1 heterocycles. The van der Waals surface area contributed by atoms with Crippen molar-refractivity contribution in [1.82, 2.24) is 4.90 Å². The maximum Gasteiger partial charge on any atom is 0.310 e.